The van der Waals surface area contributed by atoms with Gasteiger partial charge in [0.05, 0.1) is 0 Å². The zero-order chi connectivity index (χ0) is 23.6. The number of thiophene rings is 4. The number of hydrogen-bond acceptors (Lipinski definition) is 4. The van der Waals surface area contributed by atoms with E-state index in [0.717, 1.165) is 0 Å². The van der Waals surface area contributed by atoms with Crippen molar-refractivity contribution in [2.24, 2.45) is 0 Å². The summed E-state index contributed by atoms with van der Waals surface area (Å²) in [6.45, 7) is 0. The molecule has 0 atom stereocenters. The summed E-state index contributed by atoms with van der Waals surface area (Å²) in [4.78, 5) is 0. The van der Waals surface area contributed by atoms with Gasteiger partial charge in [-0.3, -0.25) is 0 Å². The predicted octanol–water partition coefficient (Wildman–Crippen LogP) is 11.5. The van der Waals surface area contributed by atoms with Crippen LogP contribution in [0.15, 0.2) is 104 Å². The lowest BCUT2D eigenvalue weighted by molar-refractivity contribution is 1.70. The van der Waals surface area contributed by atoms with Crippen LogP contribution < -0.4 is 0 Å². The van der Waals surface area contributed by atoms with Crippen LogP contribution in [0.1, 0.15) is 0 Å². The van der Waals surface area contributed by atoms with Gasteiger partial charge in [-0.2, -0.15) is 45.3 Å². The van der Waals surface area contributed by atoms with Crippen LogP contribution in [-0.2, 0) is 0 Å². The van der Waals surface area contributed by atoms with Crippen molar-refractivity contribution in [3.8, 4) is 44.5 Å². The highest BCUT2D eigenvalue weighted by Gasteiger charge is 2.21. The maximum Gasteiger partial charge on any atom is -0.00139 e. The lowest BCUT2D eigenvalue weighted by Gasteiger charge is -2.20. The fourth-order valence-electron chi connectivity index (χ4n) is 5.62. The lowest BCUT2D eigenvalue weighted by Crippen LogP contribution is -1.93. The molecule has 0 nitrogen and oxygen atoms in total. The maximum absolute atomic E-state index is 2.41. The highest BCUT2D eigenvalue weighted by Crippen LogP contribution is 2.48. The molecule has 8 aromatic rings. The van der Waals surface area contributed by atoms with Gasteiger partial charge in [0.1, 0.15) is 0 Å². The first-order valence-corrected chi connectivity index (χ1v) is 15.5. The molecule has 0 bridgehead atoms. The second-order valence-corrected chi connectivity index (χ2v) is 12.2. The third kappa shape index (κ3) is 3.02. The van der Waals surface area contributed by atoms with Crippen LogP contribution >= 0.6 is 45.3 Å². The first kappa shape index (κ1) is 20.9. The van der Waals surface area contributed by atoms with Gasteiger partial charge in [0.25, 0.3) is 0 Å². The first-order chi connectivity index (χ1) is 17.9. The largest absolute Gasteiger partial charge is 0.152 e. The van der Waals surface area contributed by atoms with Crippen LogP contribution in [0.25, 0.3) is 76.8 Å². The number of rotatable bonds is 4. The molecule has 0 amide bonds. The van der Waals surface area contributed by atoms with Gasteiger partial charge in [-0.1, -0.05) is 24.3 Å². The number of benzene rings is 4. The monoisotopic (exact) mass is 530 g/mol. The van der Waals surface area contributed by atoms with Gasteiger partial charge >= 0.3 is 0 Å². The molecule has 0 unspecified atom stereocenters. The molecule has 0 radical (unpaired) electrons. The van der Waals surface area contributed by atoms with Crippen molar-refractivity contribution in [2.75, 3.05) is 0 Å². The molecule has 0 aliphatic heterocycles. The van der Waals surface area contributed by atoms with Gasteiger partial charge in [-0.25, -0.2) is 0 Å². The molecular formula is C32H18S4. The van der Waals surface area contributed by atoms with Crippen molar-refractivity contribution in [2.45, 2.75) is 0 Å². The Balaban J connectivity index is 1.62. The standard InChI is InChI=1S/C32H18S4/c1-2-24-28(20-6-10-34-16-20)14-30(22-8-12-36-18-22)26-4-3-25-29(21-7-11-35-17-21)13-27(19-5-9-33-15-19)23(1)31(25)32(24)26/h1-18H. The van der Waals surface area contributed by atoms with Crippen LogP contribution in [0, 0.1) is 0 Å². The highest BCUT2D eigenvalue weighted by molar-refractivity contribution is 7.09. The second kappa shape index (κ2) is 8.12. The van der Waals surface area contributed by atoms with Crippen molar-refractivity contribution in [3.05, 3.63) is 104 Å². The van der Waals surface area contributed by atoms with Crippen molar-refractivity contribution in [1.29, 1.82) is 0 Å². The quantitative estimate of drug-likeness (QED) is 0.198. The Morgan fingerprint density at radius 1 is 0.333 bits per heavy atom. The molecule has 0 saturated carbocycles. The fourth-order valence-corrected chi connectivity index (χ4v) is 8.24. The molecule has 4 heterocycles. The second-order valence-electron chi connectivity index (χ2n) is 9.06. The Morgan fingerprint density at radius 2 is 0.611 bits per heavy atom. The van der Waals surface area contributed by atoms with E-state index in [1.807, 2.05) is 0 Å². The number of hydrogen-bond donors (Lipinski definition) is 0. The summed E-state index contributed by atoms with van der Waals surface area (Å²) in [5.41, 5.74) is 10.5. The lowest BCUT2D eigenvalue weighted by atomic mass is 9.83. The van der Waals surface area contributed by atoms with E-state index in [1.165, 1.54) is 76.8 Å². The fraction of sp³-hybridized carbons (Fsp3) is 0. The normalized spacial score (nSPS) is 11.9. The Bertz CT molecular complexity index is 1670. The van der Waals surface area contributed by atoms with Crippen LogP contribution in [-0.4, -0.2) is 0 Å². The van der Waals surface area contributed by atoms with E-state index >= 15 is 0 Å². The molecule has 170 valence electrons. The molecule has 4 aromatic carbocycles. The third-order valence-electron chi connectivity index (χ3n) is 7.23. The zero-order valence-corrected chi connectivity index (χ0v) is 22.3. The molecule has 0 aliphatic rings. The summed E-state index contributed by atoms with van der Waals surface area (Å²) in [6, 6.07) is 23.2. The molecule has 0 N–H and O–H groups in total. The zero-order valence-electron chi connectivity index (χ0n) is 19.0. The van der Waals surface area contributed by atoms with E-state index in [-0.39, 0.29) is 0 Å². The van der Waals surface area contributed by atoms with Crippen molar-refractivity contribution in [1.82, 2.24) is 0 Å². The molecule has 0 saturated heterocycles. The Morgan fingerprint density at radius 3 is 0.833 bits per heavy atom. The van der Waals surface area contributed by atoms with E-state index in [4.69, 9.17) is 0 Å². The summed E-state index contributed by atoms with van der Waals surface area (Å²) < 4.78 is 0. The molecule has 0 fully saturated rings. The summed E-state index contributed by atoms with van der Waals surface area (Å²) in [6.07, 6.45) is 0. The summed E-state index contributed by atoms with van der Waals surface area (Å²) in [5.74, 6) is 0. The Kier molecular flexibility index (Phi) is 4.71. The van der Waals surface area contributed by atoms with Crippen LogP contribution in [0.2, 0.25) is 0 Å². The van der Waals surface area contributed by atoms with Gasteiger partial charge < -0.3 is 0 Å². The summed E-state index contributed by atoms with van der Waals surface area (Å²) in [5, 5.41) is 25.9. The molecule has 4 heteroatoms. The van der Waals surface area contributed by atoms with E-state index in [1.54, 1.807) is 45.3 Å². The third-order valence-corrected chi connectivity index (χ3v) is 9.96. The van der Waals surface area contributed by atoms with Crippen molar-refractivity contribution in [3.63, 3.8) is 0 Å². The minimum Gasteiger partial charge on any atom is -0.152 e. The van der Waals surface area contributed by atoms with Crippen LogP contribution in [0.3, 0.4) is 0 Å². The highest BCUT2D eigenvalue weighted by atomic mass is 32.1. The topological polar surface area (TPSA) is 0 Å². The van der Waals surface area contributed by atoms with E-state index in [2.05, 4.69) is 104 Å². The van der Waals surface area contributed by atoms with Gasteiger partial charge in [-0.15, -0.1) is 0 Å². The predicted molar refractivity (Wildman–Crippen MR) is 163 cm³/mol. The molecule has 36 heavy (non-hydrogen) atoms. The van der Waals surface area contributed by atoms with E-state index in [9.17, 15) is 0 Å². The minimum atomic E-state index is 1.30. The van der Waals surface area contributed by atoms with Gasteiger partial charge in [0.2, 0.25) is 0 Å². The van der Waals surface area contributed by atoms with Gasteiger partial charge in [-0.05, 0) is 156 Å². The van der Waals surface area contributed by atoms with Gasteiger partial charge in [0.15, 0.2) is 0 Å². The van der Waals surface area contributed by atoms with Crippen LogP contribution in [0.5, 0.6) is 0 Å². The minimum absolute atomic E-state index is 1.30. The molecular weight excluding hydrogens is 513 g/mol. The molecule has 0 aliphatic carbocycles. The van der Waals surface area contributed by atoms with Crippen molar-refractivity contribution < 1.29 is 0 Å². The smallest absolute Gasteiger partial charge is 0.00139 e. The Hall–Kier alpha value is -3.28. The molecule has 8 rings (SSSR count). The first-order valence-electron chi connectivity index (χ1n) is 11.8. The average Bonchev–Trinajstić information content (AvgIpc) is 3.74. The maximum atomic E-state index is 2.41. The Labute approximate surface area is 224 Å². The van der Waals surface area contributed by atoms with Crippen molar-refractivity contribution >= 4 is 77.7 Å². The molecule has 0 spiro atoms. The SMILES string of the molecule is c1cc(-c2cc(-c3ccsc3)c3ccc4c(-c5ccsc5)cc(-c5ccsc5)c5ccc2c3c54)cs1. The average molecular weight is 531 g/mol. The van der Waals surface area contributed by atoms with Gasteiger partial charge in [0, 0.05) is 0 Å². The van der Waals surface area contributed by atoms with E-state index in [0.29, 0.717) is 0 Å². The van der Waals surface area contributed by atoms with Crippen LogP contribution in [0.4, 0.5) is 0 Å². The molecule has 4 aromatic heterocycles. The summed E-state index contributed by atoms with van der Waals surface area (Å²) in [7, 11) is 0. The summed E-state index contributed by atoms with van der Waals surface area (Å²) >= 11 is 7.05. The van der Waals surface area contributed by atoms with E-state index < -0.39 is 0 Å².